The van der Waals surface area contributed by atoms with Crippen molar-refractivity contribution in [3.05, 3.63) is 0 Å². The maximum Gasteiger partial charge on any atom is 0.240 e. The van der Waals surface area contributed by atoms with E-state index in [4.69, 9.17) is 0 Å². The lowest BCUT2D eigenvalue weighted by molar-refractivity contribution is -0.139. The lowest BCUT2D eigenvalue weighted by Gasteiger charge is -2.29. The zero-order chi connectivity index (χ0) is 13.9. The van der Waals surface area contributed by atoms with Crippen LogP contribution in [0.25, 0.3) is 0 Å². The molecule has 0 aromatic rings. The summed E-state index contributed by atoms with van der Waals surface area (Å²) in [7, 11) is 1.80. The maximum absolute atomic E-state index is 12.3. The highest BCUT2D eigenvalue weighted by atomic mass is 16.2. The van der Waals surface area contributed by atoms with Crippen LogP contribution in [0.3, 0.4) is 0 Å². The molecule has 0 aliphatic carbocycles. The molecular weight excluding hydrogens is 228 g/mol. The number of hydrogen-bond donors (Lipinski definition) is 1. The highest BCUT2D eigenvalue weighted by molar-refractivity contribution is 5.92. The van der Waals surface area contributed by atoms with Gasteiger partial charge in [-0.15, -0.1) is 0 Å². The predicted octanol–water partition coefficient (Wildman–Crippen LogP) is 1.45. The highest BCUT2D eigenvalue weighted by Crippen LogP contribution is 2.22. The molecule has 0 radical (unpaired) electrons. The molecule has 1 saturated heterocycles. The monoisotopic (exact) mass is 254 g/mol. The van der Waals surface area contributed by atoms with Crippen molar-refractivity contribution in [1.29, 1.82) is 0 Å². The van der Waals surface area contributed by atoms with Crippen LogP contribution in [0.4, 0.5) is 0 Å². The summed E-state index contributed by atoms with van der Waals surface area (Å²) < 4.78 is 0. The third-order valence-electron chi connectivity index (χ3n) is 3.56. The molecule has 1 aliphatic rings. The first kappa shape index (κ1) is 15.2. The topological polar surface area (TPSA) is 49.4 Å². The predicted molar refractivity (Wildman–Crippen MR) is 72.3 cm³/mol. The third kappa shape index (κ3) is 3.31. The highest BCUT2D eigenvalue weighted by Gasteiger charge is 2.38. The first-order valence-electron chi connectivity index (χ1n) is 6.90. The lowest BCUT2D eigenvalue weighted by atomic mass is 9.93. The number of rotatable bonds is 6. The van der Waals surface area contributed by atoms with Gasteiger partial charge in [-0.2, -0.15) is 0 Å². The van der Waals surface area contributed by atoms with Crippen LogP contribution in [0.5, 0.6) is 0 Å². The van der Waals surface area contributed by atoms with Crippen molar-refractivity contribution in [2.75, 3.05) is 13.6 Å². The molecule has 0 bridgehead atoms. The Hall–Kier alpha value is -0.900. The van der Waals surface area contributed by atoms with Gasteiger partial charge in [-0.3, -0.25) is 9.59 Å². The molecule has 0 spiro atoms. The number of Topliss-reactive ketones (excluding diaryl/α,β-unsaturated/α-hetero) is 1. The van der Waals surface area contributed by atoms with Crippen LogP contribution in [0, 0.1) is 11.8 Å². The Morgan fingerprint density at radius 3 is 2.39 bits per heavy atom. The van der Waals surface area contributed by atoms with Crippen molar-refractivity contribution >= 4 is 11.7 Å². The van der Waals surface area contributed by atoms with Gasteiger partial charge in [0.2, 0.25) is 5.91 Å². The van der Waals surface area contributed by atoms with Gasteiger partial charge in [0.25, 0.3) is 0 Å². The minimum Gasteiger partial charge on any atom is -0.331 e. The molecule has 1 aliphatic heterocycles. The number of nitrogens with zero attached hydrogens (tertiary/aromatic N) is 1. The van der Waals surface area contributed by atoms with Gasteiger partial charge < -0.3 is 10.2 Å². The van der Waals surface area contributed by atoms with Crippen LogP contribution in [-0.2, 0) is 9.59 Å². The number of ketones is 1. The Balaban J connectivity index is 2.84. The summed E-state index contributed by atoms with van der Waals surface area (Å²) >= 11 is 0. The van der Waals surface area contributed by atoms with Crippen molar-refractivity contribution in [3.63, 3.8) is 0 Å². The summed E-state index contributed by atoms with van der Waals surface area (Å²) in [6.07, 6.45) is 1.56. The molecule has 1 heterocycles. The molecule has 0 unspecified atom stereocenters. The molecule has 1 fully saturated rings. The summed E-state index contributed by atoms with van der Waals surface area (Å²) in [4.78, 5) is 26.3. The Labute approximate surface area is 110 Å². The van der Waals surface area contributed by atoms with Crippen molar-refractivity contribution in [3.8, 4) is 0 Å². The molecule has 18 heavy (non-hydrogen) atoms. The SMILES string of the molecule is CN[C@@H]1CCN([C@@H](CC(C)C)C(=O)C(C)C)C1=O. The first-order chi connectivity index (χ1) is 8.38. The first-order valence-corrected chi connectivity index (χ1v) is 6.90. The minimum atomic E-state index is -0.240. The summed E-state index contributed by atoms with van der Waals surface area (Å²) in [6.45, 7) is 8.70. The largest absolute Gasteiger partial charge is 0.331 e. The second kappa shape index (κ2) is 6.32. The molecule has 4 heteroatoms. The molecule has 0 aromatic heterocycles. The standard InChI is InChI=1S/C14H26N2O2/c1-9(2)8-12(13(17)10(3)4)16-7-6-11(15-5)14(16)18/h9-12,15H,6-8H2,1-5H3/t11-,12+/m1/s1. The molecule has 0 aromatic carbocycles. The molecule has 1 amide bonds. The molecule has 1 N–H and O–H groups in total. The summed E-state index contributed by atoms with van der Waals surface area (Å²) in [5, 5.41) is 3.02. The van der Waals surface area contributed by atoms with E-state index in [-0.39, 0.29) is 29.7 Å². The van der Waals surface area contributed by atoms with Gasteiger partial charge in [0, 0.05) is 12.5 Å². The van der Waals surface area contributed by atoms with Crippen LogP contribution >= 0.6 is 0 Å². The second-order valence-electron chi connectivity index (χ2n) is 5.86. The van der Waals surface area contributed by atoms with E-state index in [0.29, 0.717) is 12.5 Å². The van der Waals surface area contributed by atoms with E-state index in [0.717, 1.165) is 12.8 Å². The minimum absolute atomic E-state index is 0.0183. The Kier molecular flexibility index (Phi) is 5.32. The van der Waals surface area contributed by atoms with Crippen LogP contribution < -0.4 is 5.32 Å². The fraction of sp³-hybridized carbons (Fsp3) is 0.857. The van der Waals surface area contributed by atoms with E-state index in [1.807, 2.05) is 13.8 Å². The fourth-order valence-corrected chi connectivity index (χ4v) is 2.51. The summed E-state index contributed by atoms with van der Waals surface area (Å²) in [5.41, 5.74) is 0. The van der Waals surface area contributed by atoms with Crippen molar-refractivity contribution in [2.24, 2.45) is 11.8 Å². The van der Waals surface area contributed by atoms with Crippen molar-refractivity contribution < 1.29 is 9.59 Å². The number of carbonyl (C=O) groups excluding carboxylic acids is 2. The van der Waals surface area contributed by atoms with E-state index < -0.39 is 0 Å². The lowest BCUT2D eigenvalue weighted by Crippen LogP contribution is -2.47. The third-order valence-corrected chi connectivity index (χ3v) is 3.56. The van der Waals surface area contributed by atoms with Crippen LogP contribution in [0.1, 0.15) is 40.5 Å². The summed E-state index contributed by atoms with van der Waals surface area (Å²) in [5.74, 6) is 0.667. The van der Waals surface area contributed by atoms with Crippen LogP contribution in [-0.4, -0.2) is 42.3 Å². The van der Waals surface area contributed by atoms with E-state index in [9.17, 15) is 9.59 Å². The van der Waals surface area contributed by atoms with Crippen molar-refractivity contribution in [1.82, 2.24) is 10.2 Å². The molecule has 104 valence electrons. The van der Waals surface area contributed by atoms with E-state index in [2.05, 4.69) is 19.2 Å². The Morgan fingerprint density at radius 2 is 2.00 bits per heavy atom. The van der Waals surface area contributed by atoms with Gasteiger partial charge in [-0.1, -0.05) is 27.7 Å². The average Bonchev–Trinajstić information content (AvgIpc) is 2.66. The van der Waals surface area contributed by atoms with Gasteiger partial charge in [-0.05, 0) is 25.8 Å². The molecule has 0 saturated carbocycles. The number of nitrogens with one attached hydrogen (secondary N) is 1. The maximum atomic E-state index is 12.3. The fourth-order valence-electron chi connectivity index (χ4n) is 2.51. The normalized spacial score (nSPS) is 22.1. The molecule has 4 nitrogen and oxygen atoms in total. The zero-order valence-electron chi connectivity index (χ0n) is 12.2. The molecule has 1 rings (SSSR count). The second-order valence-corrected chi connectivity index (χ2v) is 5.86. The zero-order valence-corrected chi connectivity index (χ0v) is 12.2. The number of amides is 1. The molecular formula is C14H26N2O2. The Morgan fingerprint density at radius 1 is 1.39 bits per heavy atom. The van der Waals surface area contributed by atoms with E-state index in [1.54, 1.807) is 11.9 Å². The number of carbonyl (C=O) groups is 2. The number of likely N-dealkylation sites (tertiary alicyclic amines) is 1. The van der Waals surface area contributed by atoms with Gasteiger partial charge in [-0.25, -0.2) is 0 Å². The average molecular weight is 254 g/mol. The van der Waals surface area contributed by atoms with Crippen LogP contribution in [0.2, 0.25) is 0 Å². The number of likely N-dealkylation sites (N-methyl/N-ethyl adjacent to an activating group) is 1. The number of hydrogen-bond acceptors (Lipinski definition) is 3. The van der Waals surface area contributed by atoms with E-state index >= 15 is 0 Å². The van der Waals surface area contributed by atoms with E-state index in [1.165, 1.54) is 0 Å². The van der Waals surface area contributed by atoms with Gasteiger partial charge in [0.1, 0.15) is 0 Å². The quantitative estimate of drug-likeness (QED) is 0.780. The van der Waals surface area contributed by atoms with Gasteiger partial charge >= 0.3 is 0 Å². The Bertz CT molecular complexity index is 313. The van der Waals surface area contributed by atoms with Gasteiger partial charge in [0.05, 0.1) is 12.1 Å². The van der Waals surface area contributed by atoms with Gasteiger partial charge in [0.15, 0.2) is 5.78 Å². The summed E-state index contributed by atoms with van der Waals surface area (Å²) in [6, 6.07) is -0.351. The molecule has 2 atom stereocenters. The smallest absolute Gasteiger partial charge is 0.240 e. The van der Waals surface area contributed by atoms with Crippen LogP contribution in [0.15, 0.2) is 0 Å². The van der Waals surface area contributed by atoms with Crippen molar-refractivity contribution in [2.45, 2.75) is 52.6 Å².